The summed E-state index contributed by atoms with van der Waals surface area (Å²) in [5, 5.41) is 14.4. The van der Waals surface area contributed by atoms with Gasteiger partial charge in [-0.3, -0.25) is 14.5 Å². The zero-order valence-electron chi connectivity index (χ0n) is 12.3. The normalized spacial score (nSPS) is 22.3. The Bertz CT molecular complexity index is 489. The Balaban J connectivity index is 1.82. The molecule has 1 aromatic rings. The monoisotopic (exact) mass is 310 g/mol. The van der Waals surface area contributed by atoms with Gasteiger partial charge in [0.1, 0.15) is 5.54 Å². The summed E-state index contributed by atoms with van der Waals surface area (Å²) in [6.45, 7) is 3.32. The summed E-state index contributed by atoms with van der Waals surface area (Å²) < 4.78 is 0. The first-order valence-electron chi connectivity index (χ1n) is 7.36. The Labute approximate surface area is 129 Å². The van der Waals surface area contributed by atoms with Gasteiger partial charge in [-0.25, -0.2) is 0 Å². The van der Waals surface area contributed by atoms with E-state index in [1.807, 2.05) is 29.3 Å². The average Bonchev–Trinajstić information content (AvgIpc) is 3.08. The highest BCUT2D eigenvalue weighted by molar-refractivity contribution is 7.09. The second kappa shape index (κ2) is 7.04. The molecule has 5 nitrogen and oxygen atoms in total. The number of carbonyl (C=O) groups is 2. The molecule has 116 valence electrons. The van der Waals surface area contributed by atoms with Crippen LogP contribution in [-0.2, 0) is 16.0 Å². The van der Waals surface area contributed by atoms with Crippen molar-refractivity contribution >= 4 is 23.2 Å². The van der Waals surface area contributed by atoms with E-state index in [9.17, 15) is 14.7 Å². The number of aliphatic carboxylic acids is 1. The lowest BCUT2D eigenvalue weighted by molar-refractivity contribution is -0.150. The van der Waals surface area contributed by atoms with E-state index in [1.165, 1.54) is 4.88 Å². The minimum absolute atomic E-state index is 0.0902. The van der Waals surface area contributed by atoms with Crippen LogP contribution < -0.4 is 5.32 Å². The average molecular weight is 310 g/mol. The largest absolute Gasteiger partial charge is 0.480 e. The third-order valence-electron chi connectivity index (χ3n) is 4.21. The molecule has 2 heterocycles. The van der Waals surface area contributed by atoms with Gasteiger partial charge in [-0.1, -0.05) is 13.0 Å². The molecule has 0 spiro atoms. The maximum atomic E-state index is 12.0. The highest BCUT2D eigenvalue weighted by Gasteiger charge is 2.46. The van der Waals surface area contributed by atoms with Crippen LogP contribution in [0.2, 0.25) is 0 Å². The van der Waals surface area contributed by atoms with Crippen molar-refractivity contribution in [3.63, 3.8) is 0 Å². The van der Waals surface area contributed by atoms with E-state index in [2.05, 4.69) is 5.32 Å². The molecule has 1 aliphatic rings. The molecule has 2 rings (SSSR count). The summed E-state index contributed by atoms with van der Waals surface area (Å²) in [7, 11) is 0. The van der Waals surface area contributed by atoms with Crippen LogP contribution in [0.3, 0.4) is 0 Å². The van der Waals surface area contributed by atoms with Crippen molar-refractivity contribution in [2.24, 2.45) is 0 Å². The fourth-order valence-corrected chi connectivity index (χ4v) is 3.68. The lowest BCUT2D eigenvalue weighted by atomic mass is 9.93. The molecule has 0 radical (unpaired) electrons. The summed E-state index contributed by atoms with van der Waals surface area (Å²) in [6.07, 6.45) is 2.82. The maximum Gasteiger partial charge on any atom is 0.324 e. The molecule has 0 aromatic carbocycles. The van der Waals surface area contributed by atoms with Crippen molar-refractivity contribution in [2.75, 3.05) is 19.6 Å². The first-order chi connectivity index (χ1) is 10.1. The van der Waals surface area contributed by atoms with E-state index < -0.39 is 11.5 Å². The summed E-state index contributed by atoms with van der Waals surface area (Å²) in [6, 6.07) is 4.04. The molecule has 1 aromatic heterocycles. The summed E-state index contributed by atoms with van der Waals surface area (Å²) in [4.78, 5) is 26.6. The Morgan fingerprint density at radius 1 is 1.52 bits per heavy atom. The van der Waals surface area contributed by atoms with Crippen LogP contribution in [0.15, 0.2) is 17.5 Å². The zero-order chi connectivity index (χ0) is 15.3. The van der Waals surface area contributed by atoms with Crippen molar-refractivity contribution in [1.29, 1.82) is 0 Å². The standard InChI is InChI=1S/C15H22N2O3S/c1-2-15(14(19)20)7-4-9-17(15)11-13(18)16-8-6-12-5-3-10-21-12/h3,5,10H,2,4,6-9,11H2,1H3,(H,16,18)(H,19,20). The van der Waals surface area contributed by atoms with Crippen molar-refractivity contribution in [3.05, 3.63) is 22.4 Å². The Kier molecular flexibility index (Phi) is 5.36. The van der Waals surface area contributed by atoms with Crippen LogP contribution in [0, 0.1) is 0 Å². The number of rotatable bonds is 7. The number of nitrogens with one attached hydrogen (secondary N) is 1. The molecular weight excluding hydrogens is 288 g/mol. The molecule has 0 bridgehead atoms. The molecule has 2 N–H and O–H groups in total. The van der Waals surface area contributed by atoms with Gasteiger partial charge in [0.25, 0.3) is 0 Å². The minimum Gasteiger partial charge on any atom is -0.480 e. The lowest BCUT2D eigenvalue weighted by Crippen LogP contribution is -2.53. The van der Waals surface area contributed by atoms with Crippen LogP contribution in [-0.4, -0.2) is 47.1 Å². The van der Waals surface area contributed by atoms with Gasteiger partial charge in [-0.05, 0) is 43.7 Å². The number of thiophene rings is 1. The SMILES string of the molecule is CCC1(C(=O)O)CCCN1CC(=O)NCCc1cccs1. The Hall–Kier alpha value is -1.40. The third kappa shape index (κ3) is 3.63. The molecule has 0 aliphatic carbocycles. The number of nitrogens with zero attached hydrogens (tertiary/aromatic N) is 1. The minimum atomic E-state index is -0.856. The smallest absolute Gasteiger partial charge is 0.324 e. The molecule has 1 amide bonds. The molecule has 1 unspecified atom stereocenters. The number of carbonyl (C=O) groups excluding carboxylic acids is 1. The number of carboxylic acid groups (broad SMARTS) is 1. The molecule has 6 heteroatoms. The molecule has 1 aliphatic heterocycles. The van der Waals surface area contributed by atoms with Crippen molar-refractivity contribution < 1.29 is 14.7 Å². The van der Waals surface area contributed by atoms with E-state index in [-0.39, 0.29) is 12.5 Å². The quantitative estimate of drug-likeness (QED) is 0.805. The first-order valence-corrected chi connectivity index (χ1v) is 8.24. The number of likely N-dealkylation sites (tertiary alicyclic amines) is 1. The van der Waals surface area contributed by atoms with Crippen molar-refractivity contribution in [3.8, 4) is 0 Å². The fraction of sp³-hybridized carbons (Fsp3) is 0.600. The summed E-state index contributed by atoms with van der Waals surface area (Å²) >= 11 is 1.68. The van der Waals surface area contributed by atoms with Crippen LogP contribution in [0.25, 0.3) is 0 Å². The molecule has 1 fully saturated rings. The number of carboxylic acids is 1. The highest BCUT2D eigenvalue weighted by Crippen LogP contribution is 2.32. The second-order valence-corrected chi connectivity index (χ2v) is 6.43. The van der Waals surface area contributed by atoms with Crippen LogP contribution in [0.1, 0.15) is 31.1 Å². The number of hydrogen-bond donors (Lipinski definition) is 2. The van der Waals surface area contributed by atoms with E-state index in [0.717, 1.165) is 12.8 Å². The van der Waals surface area contributed by atoms with Gasteiger partial charge >= 0.3 is 5.97 Å². The molecule has 21 heavy (non-hydrogen) atoms. The topological polar surface area (TPSA) is 69.6 Å². The Morgan fingerprint density at radius 3 is 2.95 bits per heavy atom. The number of amides is 1. The highest BCUT2D eigenvalue weighted by atomic mass is 32.1. The van der Waals surface area contributed by atoms with Crippen LogP contribution in [0.5, 0.6) is 0 Å². The molecule has 0 saturated carbocycles. The van der Waals surface area contributed by atoms with Crippen LogP contribution in [0.4, 0.5) is 0 Å². The van der Waals surface area contributed by atoms with Gasteiger partial charge in [0.2, 0.25) is 5.91 Å². The van der Waals surface area contributed by atoms with Gasteiger partial charge < -0.3 is 10.4 Å². The van der Waals surface area contributed by atoms with Crippen molar-refractivity contribution in [2.45, 2.75) is 38.1 Å². The zero-order valence-corrected chi connectivity index (χ0v) is 13.1. The van der Waals surface area contributed by atoms with Gasteiger partial charge in [-0.2, -0.15) is 0 Å². The fourth-order valence-electron chi connectivity index (χ4n) is 2.97. The van der Waals surface area contributed by atoms with Gasteiger partial charge in [0, 0.05) is 11.4 Å². The molecule has 1 saturated heterocycles. The second-order valence-electron chi connectivity index (χ2n) is 5.39. The van der Waals surface area contributed by atoms with Crippen molar-refractivity contribution in [1.82, 2.24) is 10.2 Å². The van der Waals surface area contributed by atoms with E-state index in [0.29, 0.717) is 25.9 Å². The van der Waals surface area contributed by atoms with Gasteiger partial charge in [-0.15, -0.1) is 11.3 Å². The maximum absolute atomic E-state index is 12.0. The first kappa shape index (κ1) is 16.0. The van der Waals surface area contributed by atoms with E-state index >= 15 is 0 Å². The summed E-state index contributed by atoms with van der Waals surface area (Å²) in [5.74, 6) is -0.901. The van der Waals surface area contributed by atoms with E-state index in [4.69, 9.17) is 0 Å². The Morgan fingerprint density at radius 2 is 2.33 bits per heavy atom. The number of hydrogen-bond acceptors (Lipinski definition) is 4. The lowest BCUT2D eigenvalue weighted by Gasteiger charge is -2.33. The van der Waals surface area contributed by atoms with E-state index in [1.54, 1.807) is 11.3 Å². The van der Waals surface area contributed by atoms with Gasteiger partial charge in [0.05, 0.1) is 6.54 Å². The third-order valence-corrected chi connectivity index (χ3v) is 5.15. The van der Waals surface area contributed by atoms with Crippen LogP contribution >= 0.6 is 11.3 Å². The summed E-state index contributed by atoms with van der Waals surface area (Å²) in [5.41, 5.74) is -0.856. The predicted octanol–water partition coefficient (Wildman–Crippen LogP) is 1.74. The van der Waals surface area contributed by atoms with Gasteiger partial charge in [0.15, 0.2) is 0 Å². The predicted molar refractivity (Wildman–Crippen MR) is 82.5 cm³/mol. The molecular formula is C15H22N2O3S. The molecule has 1 atom stereocenters.